The van der Waals surface area contributed by atoms with Crippen molar-refractivity contribution in [3.63, 3.8) is 0 Å². The number of ether oxygens (including phenoxy) is 1. The summed E-state index contributed by atoms with van der Waals surface area (Å²) in [5.74, 6) is 0.0967. The van der Waals surface area contributed by atoms with Gasteiger partial charge in [0.05, 0.1) is 33.8 Å². The molecule has 1 amide bonds. The normalized spacial score (nSPS) is 19.3. The number of aryl methyl sites for hydroxylation is 1. The topological polar surface area (TPSA) is 72.4 Å². The van der Waals surface area contributed by atoms with Crippen LogP contribution in [0.25, 0.3) is 10.6 Å². The van der Waals surface area contributed by atoms with E-state index in [9.17, 15) is 9.59 Å². The van der Waals surface area contributed by atoms with Crippen molar-refractivity contribution >= 4 is 23.0 Å². The number of hydrogen-bond acceptors (Lipinski definition) is 6. The number of thiazole rings is 1. The Morgan fingerprint density at radius 3 is 2.93 bits per heavy atom. The average Bonchev–Trinajstić information content (AvgIpc) is 3.33. The van der Waals surface area contributed by atoms with Crippen LogP contribution in [0.4, 0.5) is 0 Å². The van der Waals surface area contributed by atoms with Crippen LogP contribution in [0.2, 0.25) is 0 Å². The van der Waals surface area contributed by atoms with Crippen molar-refractivity contribution in [2.24, 2.45) is 5.92 Å². The van der Waals surface area contributed by atoms with E-state index in [1.807, 2.05) is 19.9 Å². The molecule has 0 unspecified atom stereocenters. The predicted octanol–water partition coefficient (Wildman–Crippen LogP) is 3.41. The van der Waals surface area contributed by atoms with Crippen LogP contribution in [0.15, 0.2) is 6.07 Å². The second kappa shape index (κ2) is 6.71. The highest BCUT2D eigenvalue weighted by molar-refractivity contribution is 7.15. The maximum Gasteiger partial charge on any atom is 0.260 e. The van der Waals surface area contributed by atoms with Crippen molar-refractivity contribution in [2.75, 3.05) is 7.04 Å². The first-order valence-corrected chi connectivity index (χ1v) is 9.85. The molecule has 1 aliphatic carbocycles. The fraction of sp³-hybridized carbons (Fsp3) is 0.500. The number of methoxy groups -OCH3 is 1. The van der Waals surface area contributed by atoms with Gasteiger partial charge in [-0.1, -0.05) is 0 Å². The van der Waals surface area contributed by atoms with E-state index >= 15 is 0 Å². The lowest BCUT2D eigenvalue weighted by molar-refractivity contribution is -0.116. The molecule has 0 spiro atoms. The zero-order chi connectivity index (χ0) is 21.8. The number of ketones is 1. The lowest BCUT2D eigenvalue weighted by Crippen LogP contribution is -2.34. The number of aromatic nitrogens is 2. The van der Waals surface area contributed by atoms with Gasteiger partial charge in [-0.2, -0.15) is 0 Å². The summed E-state index contributed by atoms with van der Waals surface area (Å²) >= 11 is 1.35. The highest BCUT2D eigenvalue weighted by Gasteiger charge is 2.40. The third-order valence-corrected chi connectivity index (χ3v) is 6.43. The van der Waals surface area contributed by atoms with Crippen LogP contribution in [0.3, 0.4) is 0 Å². The molecule has 2 aliphatic rings. The summed E-state index contributed by atoms with van der Waals surface area (Å²) in [5, 5.41) is 0.677. The molecule has 0 aromatic carbocycles. The molecule has 142 valence electrons. The fourth-order valence-corrected chi connectivity index (χ4v) is 4.75. The number of pyridine rings is 1. The van der Waals surface area contributed by atoms with Crippen LogP contribution in [-0.4, -0.2) is 39.6 Å². The monoisotopic (exact) mass is 388 g/mol. The van der Waals surface area contributed by atoms with Gasteiger partial charge in [-0.05, 0) is 51.2 Å². The number of amides is 1. The van der Waals surface area contributed by atoms with Gasteiger partial charge in [-0.3, -0.25) is 9.59 Å². The van der Waals surface area contributed by atoms with Gasteiger partial charge in [0.2, 0.25) is 5.88 Å². The molecule has 2 aromatic heterocycles. The smallest absolute Gasteiger partial charge is 0.260 e. The Kier molecular flexibility index (Phi) is 3.66. The van der Waals surface area contributed by atoms with Gasteiger partial charge in [0.1, 0.15) is 16.4 Å². The predicted molar refractivity (Wildman–Crippen MR) is 103 cm³/mol. The minimum absolute atomic E-state index is 0.0129. The highest BCUT2D eigenvalue weighted by Crippen LogP contribution is 2.41. The summed E-state index contributed by atoms with van der Waals surface area (Å²) in [6.45, 7) is 5.76. The number of nitrogens with zero attached hydrogens (tertiary/aromatic N) is 3. The summed E-state index contributed by atoms with van der Waals surface area (Å²) < 4.78 is 27.7. The molecule has 3 heterocycles. The van der Waals surface area contributed by atoms with Gasteiger partial charge in [0.25, 0.3) is 5.91 Å². The Morgan fingerprint density at radius 1 is 1.48 bits per heavy atom. The number of carbonyl (C=O) groups is 2. The molecule has 2 aromatic rings. The number of fused-ring (bicyclic) bond motifs is 1. The summed E-state index contributed by atoms with van der Waals surface area (Å²) in [6.07, 6.45) is 2.44. The molecule has 4 rings (SSSR count). The average molecular weight is 389 g/mol. The third kappa shape index (κ3) is 3.25. The van der Waals surface area contributed by atoms with Crippen LogP contribution in [0.1, 0.15) is 57.4 Å². The van der Waals surface area contributed by atoms with Gasteiger partial charge < -0.3 is 9.64 Å². The quantitative estimate of drug-likeness (QED) is 0.758. The van der Waals surface area contributed by atoms with Crippen molar-refractivity contribution in [3.05, 3.63) is 27.9 Å². The summed E-state index contributed by atoms with van der Waals surface area (Å²) in [7, 11) is -2.72. The molecule has 1 atom stereocenters. The maximum atomic E-state index is 13.1. The molecule has 0 bridgehead atoms. The van der Waals surface area contributed by atoms with Gasteiger partial charge >= 0.3 is 0 Å². The molecule has 27 heavy (non-hydrogen) atoms. The second-order valence-electron chi connectivity index (χ2n) is 7.36. The van der Waals surface area contributed by atoms with Crippen LogP contribution in [0.5, 0.6) is 5.88 Å². The minimum Gasteiger partial charge on any atom is -0.480 e. The van der Waals surface area contributed by atoms with Crippen LogP contribution in [0, 0.1) is 12.8 Å². The molecule has 0 N–H and O–H groups in total. The molecule has 7 heteroatoms. The van der Waals surface area contributed by atoms with Crippen molar-refractivity contribution < 1.29 is 18.4 Å². The molecule has 1 saturated carbocycles. The number of carbonyl (C=O) groups excluding carboxylic acids is 2. The Bertz CT molecular complexity index is 1030. The van der Waals surface area contributed by atoms with E-state index < -0.39 is 7.04 Å². The lowest BCUT2D eigenvalue weighted by Gasteiger charge is -2.23. The standard InChI is InChI=1S/C20H23N3O3S/c1-10(24)7-16-21-11(2)18(27-16)15-8-14-9-23(12(3)13-5-6-13)20(25)17(14)19(22-15)26-4/h8,12-13H,5-7,9H2,1-4H3/t12-/m0/s1/i4D3. The Balaban J connectivity index is 1.77. The third-order valence-electron chi connectivity index (χ3n) is 5.25. The SMILES string of the molecule is [2H]C([2H])([2H])Oc1nc(-c2sc(CC(C)=O)nc2C)cc2c1C(=O)N([C@@H](C)C1CC1)C2. The zero-order valence-corrected chi connectivity index (χ0v) is 16.4. The van der Waals surface area contributed by atoms with E-state index in [2.05, 4.69) is 9.97 Å². The van der Waals surface area contributed by atoms with Gasteiger partial charge in [-0.25, -0.2) is 9.97 Å². The van der Waals surface area contributed by atoms with Crippen molar-refractivity contribution in [1.29, 1.82) is 0 Å². The van der Waals surface area contributed by atoms with Crippen molar-refractivity contribution in [1.82, 2.24) is 14.9 Å². The second-order valence-corrected chi connectivity index (χ2v) is 8.44. The van der Waals surface area contributed by atoms with Crippen LogP contribution < -0.4 is 4.74 Å². The number of rotatable bonds is 6. The molecule has 6 nitrogen and oxygen atoms in total. The molecule has 0 saturated heterocycles. The summed E-state index contributed by atoms with van der Waals surface area (Å²) in [6, 6.07) is 1.90. The van der Waals surface area contributed by atoms with Crippen molar-refractivity contribution in [2.45, 2.75) is 52.6 Å². The molecule has 1 aliphatic heterocycles. The lowest BCUT2D eigenvalue weighted by atomic mass is 10.1. The van der Waals surface area contributed by atoms with Crippen molar-refractivity contribution in [3.8, 4) is 16.5 Å². The largest absolute Gasteiger partial charge is 0.480 e. The minimum atomic E-state index is -2.72. The van der Waals surface area contributed by atoms with Gasteiger partial charge in [0.15, 0.2) is 0 Å². The number of Topliss-reactive ketones (excluding diaryl/α,β-unsaturated/α-hetero) is 1. The first kappa shape index (κ1) is 14.7. The molecule has 1 fully saturated rings. The van der Waals surface area contributed by atoms with E-state index in [1.54, 1.807) is 4.90 Å². The fourth-order valence-electron chi connectivity index (χ4n) is 3.66. The summed E-state index contributed by atoms with van der Waals surface area (Å²) in [4.78, 5) is 35.9. The van der Waals surface area contributed by atoms with E-state index in [0.29, 0.717) is 34.4 Å². The van der Waals surface area contributed by atoms with Crippen LogP contribution >= 0.6 is 11.3 Å². The van der Waals surface area contributed by atoms with Gasteiger partial charge in [-0.15, -0.1) is 11.3 Å². The Labute approximate surface area is 166 Å². The molecular formula is C20H23N3O3S. The van der Waals surface area contributed by atoms with E-state index in [0.717, 1.165) is 17.7 Å². The Morgan fingerprint density at radius 2 is 2.26 bits per heavy atom. The Hall–Kier alpha value is -2.28. The summed E-state index contributed by atoms with van der Waals surface area (Å²) in [5.41, 5.74) is 2.15. The first-order valence-electron chi connectivity index (χ1n) is 10.5. The van der Waals surface area contributed by atoms with E-state index in [4.69, 9.17) is 8.85 Å². The molecule has 0 radical (unpaired) electrons. The first-order chi connectivity index (χ1) is 14.0. The maximum absolute atomic E-state index is 13.1. The highest BCUT2D eigenvalue weighted by atomic mass is 32.1. The number of hydrogen-bond donors (Lipinski definition) is 0. The van der Waals surface area contributed by atoms with Gasteiger partial charge in [0, 0.05) is 12.6 Å². The molecular weight excluding hydrogens is 362 g/mol. The van der Waals surface area contributed by atoms with E-state index in [1.165, 1.54) is 18.3 Å². The van der Waals surface area contributed by atoms with Crippen LogP contribution in [-0.2, 0) is 17.8 Å². The van der Waals surface area contributed by atoms with E-state index in [-0.39, 0.29) is 35.6 Å². The zero-order valence-electron chi connectivity index (χ0n) is 18.5.